The molecule has 0 amide bonds. The van der Waals surface area contributed by atoms with Crippen LogP contribution in [0.5, 0.6) is 0 Å². The maximum absolute atomic E-state index is 10.7. The lowest BCUT2D eigenvalue weighted by atomic mass is 9.77. The van der Waals surface area contributed by atoms with Gasteiger partial charge >= 0.3 is 6.16 Å². The van der Waals surface area contributed by atoms with Crippen LogP contribution in [-0.4, -0.2) is 18.4 Å². The van der Waals surface area contributed by atoms with E-state index in [1.54, 1.807) is 0 Å². The van der Waals surface area contributed by atoms with Crippen LogP contribution in [-0.2, 0) is 9.47 Å². The van der Waals surface area contributed by atoms with Crippen molar-refractivity contribution in [1.82, 2.24) is 0 Å². The van der Waals surface area contributed by atoms with Crippen LogP contribution < -0.4 is 0 Å². The topological polar surface area (TPSA) is 35.5 Å². The van der Waals surface area contributed by atoms with Crippen molar-refractivity contribution in [3.63, 3.8) is 0 Å². The van der Waals surface area contributed by atoms with Crippen molar-refractivity contribution in [3.8, 4) is 0 Å². The number of carbonyl (C=O) groups is 1. The Morgan fingerprint density at radius 1 is 1.27 bits per heavy atom. The molecule has 0 aromatic heterocycles. The van der Waals surface area contributed by atoms with Gasteiger partial charge in [-0.3, -0.25) is 0 Å². The highest BCUT2D eigenvalue weighted by molar-refractivity contribution is 5.61. The first-order chi connectivity index (χ1) is 4.85. The van der Waals surface area contributed by atoms with Crippen molar-refractivity contribution in [1.29, 1.82) is 0 Å². The lowest BCUT2D eigenvalue weighted by Gasteiger charge is -2.43. The number of carbonyl (C=O) groups excluding carboxylic acids is 1. The maximum Gasteiger partial charge on any atom is 0.508 e. The van der Waals surface area contributed by atoms with Gasteiger partial charge in [0.2, 0.25) is 0 Å². The zero-order valence-corrected chi connectivity index (χ0v) is 7.43. The van der Waals surface area contributed by atoms with Crippen LogP contribution >= 0.6 is 0 Å². The van der Waals surface area contributed by atoms with Crippen LogP contribution in [0.15, 0.2) is 0 Å². The van der Waals surface area contributed by atoms with E-state index in [0.717, 1.165) is 0 Å². The highest BCUT2D eigenvalue weighted by atomic mass is 16.7. The Bertz CT molecular complexity index is 182. The summed E-state index contributed by atoms with van der Waals surface area (Å²) in [6, 6.07) is 0. The van der Waals surface area contributed by atoms with Crippen LogP contribution in [0.3, 0.4) is 0 Å². The minimum atomic E-state index is -0.561. The molecule has 0 unspecified atom stereocenters. The molecule has 0 aromatic carbocycles. The minimum Gasteiger partial charge on any atom is -0.434 e. The molecule has 0 saturated carbocycles. The van der Waals surface area contributed by atoms with Crippen molar-refractivity contribution >= 4 is 6.16 Å². The third-order valence-electron chi connectivity index (χ3n) is 2.52. The fourth-order valence-electron chi connectivity index (χ4n) is 0.789. The largest absolute Gasteiger partial charge is 0.508 e. The predicted molar refractivity (Wildman–Crippen MR) is 40.3 cm³/mol. The second-order valence-electron chi connectivity index (χ2n) is 4.03. The second-order valence-corrected chi connectivity index (χ2v) is 4.03. The van der Waals surface area contributed by atoms with Crippen molar-refractivity contribution in [2.75, 3.05) is 6.61 Å². The molecule has 1 fully saturated rings. The van der Waals surface area contributed by atoms with E-state index in [1.165, 1.54) is 0 Å². The van der Waals surface area contributed by atoms with Gasteiger partial charge < -0.3 is 9.47 Å². The van der Waals surface area contributed by atoms with E-state index in [4.69, 9.17) is 9.47 Å². The van der Waals surface area contributed by atoms with Crippen LogP contribution in [0, 0.1) is 5.41 Å². The van der Waals surface area contributed by atoms with Gasteiger partial charge in [0.1, 0.15) is 12.2 Å². The lowest BCUT2D eigenvalue weighted by molar-refractivity contribution is -0.144. The maximum atomic E-state index is 10.7. The number of hydrogen-bond acceptors (Lipinski definition) is 3. The summed E-state index contributed by atoms with van der Waals surface area (Å²) in [6.45, 7) is 8.25. The normalized spacial score (nSPS) is 27.1. The summed E-state index contributed by atoms with van der Waals surface area (Å²) in [5.41, 5.74) is -0.538. The standard InChI is InChI=1S/C8H14O3/c1-7(2)5-10-6(9)11-8(7,3)4/h5H2,1-4H3. The highest BCUT2D eigenvalue weighted by Gasteiger charge is 2.45. The van der Waals surface area contributed by atoms with Crippen molar-refractivity contribution in [2.45, 2.75) is 33.3 Å². The second kappa shape index (κ2) is 2.13. The quantitative estimate of drug-likeness (QED) is 0.505. The molecule has 3 heteroatoms. The first-order valence-corrected chi connectivity index (χ1v) is 3.71. The summed E-state index contributed by atoms with van der Waals surface area (Å²) < 4.78 is 9.80. The Hall–Kier alpha value is -0.730. The van der Waals surface area contributed by atoms with Gasteiger partial charge in [-0.25, -0.2) is 4.79 Å². The molecule has 0 atom stereocenters. The van der Waals surface area contributed by atoms with Crippen LogP contribution in [0.1, 0.15) is 27.7 Å². The van der Waals surface area contributed by atoms with E-state index in [2.05, 4.69) is 0 Å². The van der Waals surface area contributed by atoms with E-state index in [0.29, 0.717) is 6.61 Å². The summed E-state index contributed by atoms with van der Waals surface area (Å²) >= 11 is 0. The van der Waals surface area contributed by atoms with Gasteiger partial charge in [0, 0.05) is 5.41 Å². The van der Waals surface area contributed by atoms with Gasteiger partial charge in [0.15, 0.2) is 0 Å². The number of rotatable bonds is 0. The van der Waals surface area contributed by atoms with Gasteiger partial charge in [-0.2, -0.15) is 0 Å². The van der Waals surface area contributed by atoms with Gasteiger partial charge in [0.25, 0.3) is 0 Å². The molecule has 1 aliphatic heterocycles. The summed E-state index contributed by atoms with van der Waals surface area (Å²) in [7, 11) is 0. The van der Waals surface area contributed by atoms with Gasteiger partial charge in [-0.15, -0.1) is 0 Å². The molecule has 1 heterocycles. The molecule has 1 aliphatic rings. The minimum absolute atomic E-state index is 0.110. The van der Waals surface area contributed by atoms with Crippen molar-refractivity contribution < 1.29 is 14.3 Å². The van der Waals surface area contributed by atoms with E-state index in [1.807, 2.05) is 27.7 Å². The monoisotopic (exact) mass is 158 g/mol. The molecule has 3 nitrogen and oxygen atoms in total. The Morgan fingerprint density at radius 2 is 1.82 bits per heavy atom. The Labute approximate surface area is 66.7 Å². The van der Waals surface area contributed by atoms with E-state index in [9.17, 15) is 4.79 Å². The van der Waals surface area contributed by atoms with E-state index >= 15 is 0 Å². The van der Waals surface area contributed by atoms with Crippen LogP contribution in [0.4, 0.5) is 4.79 Å². The fourth-order valence-corrected chi connectivity index (χ4v) is 0.789. The number of cyclic esters (lactones) is 2. The lowest BCUT2D eigenvalue weighted by Crippen LogP contribution is -2.50. The molecule has 0 aromatic rings. The summed E-state index contributed by atoms with van der Waals surface area (Å²) in [4.78, 5) is 10.7. The number of hydrogen-bond donors (Lipinski definition) is 0. The molecule has 1 rings (SSSR count). The zero-order chi connectivity index (χ0) is 8.70. The van der Waals surface area contributed by atoms with E-state index in [-0.39, 0.29) is 5.41 Å². The van der Waals surface area contributed by atoms with E-state index < -0.39 is 11.8 Å². The molecule has 0 spiro atoms. The SMILES string of the molecule is CC1(C)COC(=O)OC1(C)C. The fraction of sp³-hybridized carbons (Fsp3) is 0.875. The van der Waals surface area contributed by atoms with Gasteiger partial charge in [0.05, 0.1) is 0 Å². The predicted octanol–water partition coefficient (Wildman–Crippen LogP) is 1.96. The Morgan fingerprint density at radius 3 is 2.18 bits per heavy atom. The molecule has 0 bridgehead atoms. The molecular weight excluding hydrogens is 144 g/mol. The van der Waals surface area contributed by atoms with Gasteiger partial charge in [-0.1, -0.05) is 13.8 Å². The molecule has 1 saturated heterocycles. The van der Waals surface area contributed by atoms with Gasteiger partial charge in [-0.05, 0) is 13.8 Å². The number of ether oxygens (including phenoxy) is 2. The van der Waals surface area contributed by atoms with Crippen molar-refractivity contribution in [3.05, 3.63) is 0 Å². The molecule has 11 heavy (non-hydrogen) atoms. The third-order valence-corrected chi connectivity index (χ3v) is 2.52. The molecule has 0 aliphatic carbocycles. The summed E-state index contributed by atoms with van der Waals surface area (Å²) in [6.07, 6.45) is -0.561. The average molecular weight is 158 g/mol. The molecular formula is C8H14O3. The Balaban J connectivity index is 2.80. The highest BCUT2D eigenvalue weighted by Crippen LogP contribution is 2.37. The summed E-state index contributed by atoms with van der Waals surface area (Å²) in [5.74, 6) is 0. The average Bonchev–Trinajstić information content (AvgIpc) is 1.80. The Kier molecular flexibility index (Phi) is 1.62. The third kappa shape index (κ3) is 1.32. The molecule has 0 N–H and O–H groups in total. The first-order valence-electron chi connectivity index (χ1n) is 3.71. The van der Waals surface area contributed by atoms with Crippen LogP contribution in [0.2, 0.25) is 0 Å². The van der Waals surface area contributed by atoms with Crippen LogP contribution in [0.25, 0.3) is 0 Å². The summed E-state index contributed by atoms with van der Waals surface area (Å²) in [5, 5.41) is 0. The smallest absolute Gasteiger partial charge is 0.434 e. The first kappa shape index (κ1) is 8.37. The van der Waals surface area contributed by atoms with Crippen molar-refractivity contribution in [2.24, 2.45) is 5.41 Å². The molecule has 0 radical (unpaired) electrons. The molecule has 64 valence electrons. The zero-order valence-electron chi connectivity index (χ0n) is 7.43.